The minimum atomic E-state index is -0.685. The number of amides is 2. The molecule has 0 unspecified atom stereocenters. The molecule has 0 heterocycles. The van der Waals surface area contributed by atoms with Crippen LogP contribution in [-0.2, 0) is 19.1 Å². The first-order chi connectivity index (χ1) is 13.7. The first-order valence-corrected chi connectivity index (χ1v) is 9.73. The van der Waals surface area contributed by atoms with E-state index in [1.807, 2.05) is 0 Å². The van der Waals surface area contributed by atoms with Crippen LogP contribution in [0.25, 0.3) is 0 Å². The molecule has 152 valence electrons. The van der Waals surface area contributed by atoms with Crippen LogP contribution in [0, 0.1) is 0 Å². The van der Waals surface area contributed by atoms with Crippen molar-refractivity contribution in [3.8, 4) is 0 Å². The lowest BCUT2D eigenvalue weighted by atomic mass is 10.1. The highest BCUT2D eigenvalue weighted by atomic mass is 79.9. The van der Waals surface area contributed by atoms with E-state index in [9.17, 15) is 19.2 Å². The molecule has 2 aromatic carbocycles. The molecule has 0 aliphatic heterocycles. The molecule has 9 heteroatoms. The standard InChI is InChI=1S/C20H18BrClN2O5/c1-12(25)13-3-2-4-15(9-13)23-18(26)7-8-20(28)29-11-19(27)24-17-6-5-14(21)10-16(17)22/h2-6,9-10H,7-8,11H2,1H3,(H,23,26)(H,24,27). The van der Waals surface area contributed by atoms with E-state index in [4.69, 9.17) is 16.3 Å². The van der Waals surface area contributed by atoms with Gasteiger partial charge >= 0.3 is 5.97 Å². The van der Waals surface area contributed by atoms with Gasteiger partial charge in [0.25, 0.3) is 5.91 Å². The van der Waals surface area contributed by atoms with Crippen molar-refractivity contribution in [3.05, 3.63) is 57.5 Å². The summed E-state index contributed by atoms with van der Waals surface area (Å²) < 4.78 is 5.63. The summed E-state index contributed by atoms with van der Waals surface area (Å²) in [5.74, 6) is -1.76. The van der Waals surface area contributed by atoms with Crippen LogP contribution in [0.3, 0.4) is 0 Å². The summed E-state index contributed by atoms with van der Waals surface area (Å²) in [7, 11) is 0. The van der Waals surface area contributed by atoms with Crippen LogP contribution < -0.4 is 10.6 Å². The number of carbonyl (C=O) groups is 4. The van der Waals surface area contributed by atoms with Crippen LogP contribution in [0.1, 0.15) is 30.1 Å². The number of ether oxygens (including phenoxy) is 1. The third-order valence-electron chi connectivity index (χ3n) is 3.68. The Balaban J connectivity index is 1.73. The number of benzene rings is 2. The van der Waals surface area contributed by atoms with Crippen molar-refractivity contribution in [1.29, 1.82) is 0 Å². The van der Waals surface area contributed by atoms with Crippen molar-refractivity contribution in [2.75, 3.05) is 17.2 Å². The molecule has 2 amide bonds. The zero-order chi connectivity index (χ0) is 21.4. The average molecular weight is 482 g/mol. The van der Waals surface area contributed by atoms with Gasteiger partial charge in [0, 0.05) is 22.1 Å². The normalized spacial score (nSPS) is 10.2. The Kier molecular flexibility index (Phi) is 8.35. The van der Waals surface area contributed by atoms with Gasteiger partial charge in [-0.05, 0) is 37.3 Å². The highest BCUT2D eigenvalue weighted by Crippen LogP contribution is 2.25. The SMILES string of the molecule is CC(=O)c1cccc(NC(=O)CCC(=O)OCC(=O)Nc2ccc(Br)cc2Cl)c1. The summed E-state index contributed by atoms with van der Waals surface area (Å²) in [6, 6.07) is 11.4. The molecule has 2 aromatic rings. The van der Waals surface area contributed by atoms with Crippen LogP contribution in [0.5, 0.6) is 0 Å². The van der Waals surface area contributed by atoms with E-state index in [0.29, 0.717) is 22.0 Å². The number of carbonyl (C=O) groups excluding carboxylic acids is 4. The zero-order valence-electron chi connectivity index (χ0n) is 15.5. The molecule has 29 heavy (non-hydrogen) atoms. The van der Waals surface area contributed by atoms with Gasteiger partial charge in [0.2, 0.25) is 5.91 Å². The highest BCUT2D eigenvalue weighted by Gasteiger charge is 2.12. The van der Waals surface area contributed by atoms with Crippen molar-refractivity contribution in [2.24, 2.45) is 0 Å². The van der Waals surface area contributed by atoms with Gasteiger partial charge in [0.15, 0.2) is 12.4 Å². The first kappa shape index (κ1) is 22.6. The Bertz CT molecular complexity index is 948. The lowest BCUT2D eigenvalue weighted by Crippen LogP contribution is -2.22. The maximum Gasteiger partial charge on any atom is 0.306 e. The fourth-order valence-electron chi connectivity index (χ4n) is 2.25. The molecule has 2 rings (SSSR count). The van der Waals surface area contributed by atoms with Crippen LogP contribution >= 0.6 is 27.5 Å². The van der Waals surface area contributed by atoms with Gasteiger partial charge in [-0.25, -0.2) is 0 Å². The van der Waals surface area contributed by atoms with Gasteiger partial charge in [-0.2, -0.15) is 0 Å². The van der Waals surface area contributed by atoms with Crippen molar-refractivity contribution >= 4 is 62.5 Å². The minimum Gasteiger partial charge on any atom is -0.456 e. The van der Waals surface area contributed by atoms with Gasteiger partial charge < -0.3 is 15.4 Å². The van der Waals surface area contributed by atoms with Gasteiger partial charge in [0.05, 0.1) is 17.1 Å². The van der Waals surface area contributed by atoms with Gasteiger partial charge in [-0.1, -0.05) is 39.7 Å². The minimum absolute atomic E-state index is 0.118. The Morgan fingerprint density at radius 1 is 1.00 bits per heavy atom. The molecule has 0 saturated heterocycles. The van der Waals surface area contributed by atoms with E-state index >= 15 is 0 Å². The Morgan fingerprint density at radius 3 is 2.45 bits per heavy atom. The lowest BCUT2D eigenvalue weighted by molar-refractivity contribution is -0.147. The molecule has 0 spiro atoms. The predicted octanol–water partition coefficient (Wildman–Crippen LogP) is 4.21. The van der Waals surface area contributed by atoms with Crippen molar-refractivity contribution in [3.63, 3.8) is 0 Å². The highest BCUT2D eigenvalue weighted by molar-refractivity contribution is 9.10. The molecule has 0 aliphatic rings. The maximum atomic E-state index is 11.9. The third kappa shape index (κ3) is 7.67. The summed E-state index contributed by atoms with van der Waals surface area (Å²) in [5.41, 5.74) is 1.32. The fourth-order valence-corrected chi connectivity index (χ4v) is 2.97. The number of esters is 1. The predicted molar refractivity (Wildman–Crippen MR) is 113 cm³/mol. The number of hydrogen-bond donors (Lipinski definition) is 2. The summed E-state index contributed by atoms with van der Waals surface area (Å²) in [6.45, 7) is 0.936. The van der Waals surface area contributed by atoms with Crippen LogP contribution in [-0.4, -0.2) is 30.2 Å². The molecule has 2 N–H and O–H groups in total. The average Bonchev–Trinajstić information content (AvgIpc) is 2.67. The largest absolute Gasteiger partial charge is 0.456 e. The van der Waals surface area contributed by atoms with Crippen LogP contribution in [0.4, 0.5) is 11.4 Å². The smallest absolute Gasteiger partial charge is 0.306 e. The summed E-state index contributed by atoms with van der Waals surface area (Å²) in [6.07, 6.45) is -0.312. The number of nitrogens with one attached hydrogen (secondary N) is 2. The van der Waals surface area contributed by atoms with Crippen LogP contribution in [0.15, 0.2) is 46.9 Å². The fraction of sp³-hybridized carbons (Fsp3) is 0.200. The number of rotatable bonds is 8. The monoisotopic (exact) mass is 480 g/mol. The molecule has 0 aliphatic carbocycles. The molecule has 0 bridgehead atoms. The number of anilines is 2. The van der Waals surface area contributed by atoms with E-state index < -0.39 is 24.4 Å². The molecule has 0 atom stereocenters. The number of hydrogen-bond acceptors (Lipinski definition) is 5. The molecule has 0 fully saturated rings. The maximum absolute atomic E-state index is 11.9. The zero-order valence-corrected chi connectivity index (χ0v) is 17.8. The summed E-state index contributed by atoms with van der Waals surface area (Å²) >= 11 is 9.26. The van der Waals surface area contributed by atoms with Crippen molar-refractivity contribution in [1.82, 2.24) is 0 Å². The summed E-state index contributed by atoms with van der Waals surface area (Å²) in [4.78, 5) is 46.9. The summed E-state index contributed by atoms with van der Waals surface area (Å²) in [5, 5.41) is 5.47. The van der Waals surface area contributed by atoms with Crippen molar-refractivity contribution < 1.29 is 23.9 Å². The number of Topliss-reactive ketones (excluding diaryl/α,β-unsaturated/α-hetero) is 1. The second-order valence-electron chi connectivity index (χ2n) is 6.02. The van der Waals surface area contributed by atoms with Gasteiger partial charge in [-0.15, -0.1) is 0 Å². The Labute approximate surface area is 180 Å². The molecular formula is C20H18BrClN2O5. The van der Waals surface area contributed by atoms with Crippen molar-refractivity contribution in [2.45, 2.75) is 19.8 Å². The van der Waals surface area contributed by atoms with E-state index in [1.54, 1.807) is 42.5 Å². The third-order valence-corrected chi connectivity index (χ3v) is 4.48. The van der Waals surface area contributed by atoms with Gasteiger partial charge in [-0.3, -0.25) is 19.2 Å². The van der Waals surface area contributed by atoms with E-state index in [0.717, 1.165) is 4.47 Å². The molecular weight excluding hydrogens is 464 g/mol. The molecule has 0 saturated carbocycles. The van der Waals surface area contributed by atoms with E-state index in [1.165, 1.54) is 6.92 Å². The second kappa shape index (κ2) is 10.7. The van der Waals surface area contributed by atoms with E-state index in [-0.39, 0.29) is 18.6 Å². The topological polar surface area (TPSA) is 102 Å². The first-order valence-electron chi connectivity index (χ1n) is 8.56. The second-order valence-corrected chi connectivity index (χ2v) is 7.34. The van der Waals surface area contributed by atoms with E-state index in [2.05, 4.69) is 26.6 Å². The van der Waals surface area contributed by atoms with Gasteiger partial charge in [0.1, 0.15) is 0 Å². The quantitative estimate of drug-likeness (QED) is 0.434. The number of ketones is 1. The number of halogens is 2. The molecule has 7 nitrogen and oxygen atoms in total. The lowest BCUT2D eigenvalue weighted by Gasteiger charge is -2.09. The Morgan fingerprint density at radius 2 is 1.76 bits per heavy atom. The van der Waals surface area contributed by atoms with Crippen LogP contribution in [0.2, 0.25) is 5.02 Å². The molecule has 0 aromatic heterocycles. The molecule has 0 radical (unpaired) electrons. The Hall–Kier alpha value is -2.71.